The van der Waals surface area contributed by atoms with E-state index in [2.05, 4.69) is 32.8 Å². The zero-order valence-electron chi connectivity index (χ0n) is 27.4. The third-order valence-electron chi connectivity index (χ3n) is 7.10. The molecule has 4 rings (SSSR count). The molecule has 1 aliphatic carbocycles. The molecule has 3 atom stereocenters. The topological polar surface area (TPSA) is 115 Å². The molecule has 2 aliphatic rings. The van der Waals surface area contributed by atoms with Gasteiger partial charge in [0.25, 0.3) is 0 Å². The Morgan fingerprint density at radius 1 is 1.29 bits per heavy atom. The van der Waals surface area contributed by atoms with E-state index in [1.807, 2.05) is 26.8 Å². The van der Waals surface area contributed by atoms with E-state index in [1.165, 1.54) is 23.4 Å². The molecule has 0 radical (unpaired) electrons. The zero-order valence-corrected chi connectivity index (χ0v) is 27.4. The first-order chi connectivity index (χ1) is 21.4. The number of aromatic nitrogens is 4. The molecule has 1 aliphatic heterocycles. The van der Waals surface area contributed by atoms with Crippen LogP contribution in [0.5, 0.6) is 5.75 Å². The monoisotopic (exact) mass is 623 g/mol. The molecule has 3 unspecified atom stereocenters. The summed E-state index contributed by atoms with van der Waals surface area (Å²) in [5.41, 5.74) is 1.59. The number of halogens is 1. The fourth-order valence-corrected chi connectivity index (χ4v) is 4.77. The second-order valence-electron chi connectivity index (χ2n) is 11.6. The molecular formula is C33H46FN7O4. The number of rotatable bonds is 9. The summed E-state index contributed by atoms with van der Waals surface area (Å²) in [6.07, 6.45) is 11.3. The molecular weight excluding hydrogens is 577 g/mol. The smallest absolute Gasteiger partial charge is 0.410 e. The summed E-state index contributed by atoms with van der Waals surface area (Å²) in [5, 5.41) is 10.4. The number of carbonyl (C=O) groups is 1. The van der Waals surface area contributed by atoms with Gasteiger partial charge in [0, 0.05) is 56.2 Å². The lowest BCUT2D eigenvalue weighted by atomic mass is 9.88. The fraction of sp³-hybridized carbons (Fsp3) is 0.515. The van der Waals surface area contributed by atoms with Gasteiger partial charge in [-0.25, -0.2) is 19.2 Å². The molecule has 3 heterocycles. The maximum Gasteiger partial charge on any atom is 0.410 e. The molecule has 0 bridgehead atoms. The van der Waals surface area contributed by atoms with Crippen molar-refractivity contribution in [2.45, 2.75) is 91.1 Å². The number of alkyl halides is 1. The average molecular weight is 624 g/mol. The number of hydrogen-bond donors (Lipinski definition) is 0. The number of hydrazone groups is 1. The van der Waals surface area contributed by atoms with Crippen molar-refractivity contribution in [2.75, 3.05) is 20.1 Å². The van der Waals surface area contributed by atoms with Crippen LogP contribution in [0.4, 0.5) is 9.18 Å². The van der Waals surface area contributed by atoms with E-state index in [4.69, 9.17) is 9.47 Å². The maximum atomic E-state index is 14.9. The largest absolute Gasteiger partial charge is 0.484 e. The first-order valence-electron chi connectivity index (χ1n) is 15.4. The van der Waals surface area contributed by atoms with Gasteiger partial charge in [0.15, 0.2) is 17.7 Å². The van der Waals surface area contributed by atoms with E-state index in [9.17, 15) is 14.0 Å². The summed E-state index contributed by atoms with van der Waals surface area (Å²) in [6, 6.07) is 1.52. The molecule has 0 saturated carbocycles. The van der Waals surface area contributed by atoms with Crippen LogP contribution in [0.3, 0.4) is 0 Å². The van der Waals surface area contributed by atoms with Crippen LogP contribution in [-0.4, -0.2) is 80.0 Å². The van der Waals surface area contributed by atoms with Crippen molar-refractivity contribution in [2.24, 2.45) is 5.10 Å². The molecule has 1 saturated heterocycles. The zero-order chi connectivity index (χ0) is 33.1. The van der Waals surface area contributed by atoms with Crippen LogP contribution in [0.15, 0.2) is 65.1 Å². The number of nitrogens with zero attached hydrogens (tertiary/aromatic N) is 7. The van der Waals surface area contributed by atoms with Crippen molar-refractivity contribution < 1.29 is 18.7 Å². The quantitative estimate of drug-likeness (QED) is 0.256. The number of ether oxygens (including phenoxy) is 2. The molecule has 45 heavy (non-hydrogen) atoms. The van der Waals surface area contributed by atoms with Crippen LogP contribution in [0.2, 0.25) is 0 Å². The van der Waals surface area contributed by atoms with Crippen molar-refractivity contribution >= 4 is 17.9 Å². The molecule has 0 N–H and O–H groups in total. The summed E-state index contributed by atoms with van der Waals surface area (Å²) in [4.78, 5) is 35.3. The second-order valence-corrected chi connectivity index (χ2v) is 11.6. The predicted molar refractivity (Wildman–Crippen MR) is 174 cm³/mol. The molecule has 0 spiro atoms. The van der Waals surface area contributed by atoms with E-state index in [1.54, 1.807) is 56.1 Å². The second kappa shape index (κ2) is 16.1. The molecule has 1 amide bonds. The highest BCUT2D eigenvalue weighted by atomic mass is 19.1. The van der Waals surface area contributed by atoms with Gasteiger partial charge in [0.1, 0.15) is 17.4 Å². The number of likely N-dealkylation sites (tertiary alicyclic amines) is 1. The summed E-state index contributed by atoms with van der Waals surface area (Å²) in [5.74, 6) is 0.661. The Morgan fingerprint density at radius 2 is 2.00 bits per heavy atom. The van der Waals surface area contributed by atoms with Crippen LogP contribution in [0.1, 0.15) is 78.2 Å². The Morgan fingerprint density at radius 3 is 2.64 bits per heavy atom. The minimum absolute atomic E-state index is 0.0985. The minimum Gasteiger partial charge on any atom is -0.484 e. The van der Waals surface area contributed by atoms with Gasteiger partial charge in [-0.05, 0) is 33.6 Å². The van der Waals surface area contributed by atoms with Crippen molar-refractivity contribution in [3.8, 4) is 5.75 Å². The Hall–Kier alpha value is -4.35. The van der Waals surface area contributed by atoms with Gasteiger partial charge in [-0.3, -0.25) is 14.5 Å². The highest BCUT2D eigenvalue weighted by Gasteiger charge is 2.35. The van der Waals surface area contributed by atoms with Gasteiger partial charge in [-0.15, -0.1) is 0 Å². The van der Waals surface area contributed by atoms with Gasteiger partial charge < -0.3 is 14.4 Å². The highest BCUT2D eigenvalue weighted by Crippen LogP contribution is 2.32. The average Bonchev–Trinajstić information content (AvgIpc) is 3.03. The van der Waals surface area contributed by atoms with Gasteiger partial charge in [0.2, 0.25) is 5.43 Å². The van der Waals surface area contributed by atoms with Crippen molar-refractivity contribution in [3.63, 3.8) is 0 Å². The third kappa shape index (κ3) is 10.1. The van der Waals surface area contributed by atoms with Crippen LogP contribution in [0, 0.1) is 0 Å². The molecule has 11 nitrogen and oxygen atoms in total. The van der Waals surface area contributed by atoms with Gasteiger partial charge in [0.05, 0.1) is 25.5 Å². The highest BCUT2D eigenvalue weighted by molar-refractivity contribution is 5.72. The Kier molecular flexibility index (Phi) is 12.6. The normalized spacial score (nSPS) is 19.1. The SMILES string of the molecule is C=CN(C)/N=C\Cn1ccc(=O)c(C(C)C2=CC(c3ncc(OC4CCN(C(=O)OC(C)(C)C)CC4F)cn3)=CCC2)n1.CC. The van der Waals surface area contributed by atoms with Crippen molar-refractivity contribution in [1.29, 1.82) is 0 Å². The Labute approximate surface area is 265 Å². The summed E-state index contributed by atoms with van der Waals surface area (Å²) in [7, 11) is 1.78. The molecule has 1 fully saturated rings. The number of piperidine rings is 1. The number of hydrogen-bond acceptors (Lipinski definition) is 9. The van der Waals surface area contributed by atoms with E-state index < -0.39 is 24.0 Å². The van der Waals surface area contributed by atoms with Crippen molar-refractivity contribution in [3.05, 3.63) is 76.9 Å². The summed E-state index contributed by atoms with van der Waals surface area (Å²) < 4.78 is 27.8. The third-order valence-corrected chi connectivity index (χ3v) is 7.10. The molecule has 2 aromatic rings. The van der Waals surface area contributed by atoms with Gasteiger partial charge in [-0.2, -0.15) is 10.2 Å². The van der Waals surface area contributed by atoms with Crippen LogP contribution in [-0.2, 0) is 11.3 Å². The van der Waals surface area contributed by atoms with E-state index in [-0.39, 0.29) is 17.9 Å². The first kappa shape index (κ1) is 35.1. The first-order valence-corrected chi connectivity index (χ1v) is 15.4. The molecule has 0 aromatic carbocycles. The van der Waals surface area contributed by atoms with E-state index >= 15 is 0 Å². The lowest BCUT2D eigenvalue weighted by molar-refractivity contribution is -0.0107. The lowest BCUT2D eigenvalue weighted by Crippen LogP contribution is -2.50. The van der Waals surface area contributed by atoms with E-state index in [0.29, 0.717) is 36.8 Å². The Balaban J connectivity index is 0.00000271. The summed E-state index contributed by atoms with van der Waals surface area (Å²) >= 11 is 0. The van der Waals surface area contributed by atoms with Gasteiger partial charge >= 0.3 is 6.09 Å². The molecule has 244 valence electrons. The standard InChI is InChI=1S/C31H40FN7O4.C2H6/c1-7-37(6)35-13-16-39-15-11-26(40)28(36-39)21(2)22-9-8-10-23(17-22)29-33-18-24(19-34-29)42-27-12-14-38(20-25(27)32)30(41)43-31(3,4)5;1-2/h7,10-11,13,15,17-19,21,25,27H,1,8-9,12,14,16,20H2,2-6H3;1-2H3/b35-13-;. The van der Waals surface area contributed by atoms with E-state index in [0.717, 1.165) is 24.0 Å². The minimum atomic E-state index is -1.37. The molecule has 12 heteroatoms. The van der Waals surface area contributed by atoms with Crippen LogP contribution < -0.4 is 10.2 Å². The van der Waals surface area contributed by atoms with Crippen molar-refractivity contribution in [1.82, 2.24) is 29.7 Å². The number of amides is 1. The lowest BCUT2D eigenvalue weighted by Gasteiger charge is -2.35. The number of carbonyl (C=O) groups excluding carboxylic acids is 1. The van der Waals surface area contributed by atoms with Crippen LogP contribution in [0.25, 0.3) is 5.57 Å². The fourth-order valence-electron chi connectivity index (χ4n) is 4.77. The predicted octanol–water partition coefficient (Wildman–Crippen LogP) is 5.75. The van der Waals surface area contributed by atoms with Gasteiger partial charge in [-0.1, -0.05) is 45.1 Å². The summed E-state index contributed by atoms with van der Waals surface area (Å²) in [6.45, 7) is 15.6. The Bertz CT molecular complexity index is 1450. The maximum absolute atomic E-state index is 14.9. The number of allylic oxidation sites excluding steroid dienone is 4. The van der Waals surface area contributed by atoms with Crippen LogP contribution >= 0.6 is 0 Å². The molecule has 2 aromatic heterocycles.